The molecule has 0 fully saturated rings. The van der Waals surface area contributed by atoms with Gasteiger partial charge in [-0.25, -0.2) is 9.79 Å². The van der Waals surface area contributed by atoms with Crippen molar-refractivity contribution in [3.63, 3.8) is 0 Å². The van der Waals surface area contributed by atoms with Crippen LogP contribution in [0.5, 0.6) is 0 Å². The lowest BCUT2D eigenvalue weighted by Gasteiger charge is -2.36. The van der Waals surface area contributed by atoms with Crippen LogP contribution in [-0.4, -0.2) is 39.0 Å². The lowest BCUT2D eigenvalue weighted by molar-refractivity contribution is -0.384. The number of rotatable bonds is 7. The third kappa shape index (κ3) is 5.01. The average Bonchev–Trinajstić information content (AvgIpc) is 3.07. The second kappa shape index (κ2) is 9.56. The van der Waals surface area contributed by atoms with E-state index in [1.807, 2.05) is 19.3 Å². The first kappa shape index (κ1) is 23.5. The molecule has 1 unspecified atom stereocenters. The Morgan fingerprint density at radius 2 is 2.03 bits per heavy atom. The van der Waals surface area contributed by atoms with Crippen molar-refractivity contribution in [2.24, 2.45) is 4.99 Å². The number of allylic oxidation sites excluding steroid dienone is 1. The third-order valence-corrected chi connectivity index (χ3v) is 5.64. The summed E-state index contributed by atoms with van der Waals surface area (Å²) in [6, 6.07) is 5.43. The minimum absolute atomic E-state index is 0.0158. The highest BCUT2D eigenvalue weighted by molar-refractivity contribution is 8.16. The van der Waals surface area contributed by atoms with E-state index in [0.717, 1.165) is 0 Å². The molecule has 0 saturated heterocycles. The molecule has 2 aliphatic rings. The molecule has 0 spiro atoms. The predicted octanol–water partition coefficient (Wildman–Crippen LogP) is 4.04. The highest BCUT2D eigenvalue weighted by Gasteiger charge is 2.41. The van der Waals surface area contributed by atoms with E-state index in [9.17, 15) is 19.7 Å². The van der Waals surface area contributed by atoms with E-state index in [2.05, 4.69) is 10.3 Å². The molecule has 0 bridgehead atoms. The Labute approximate surface area is 190 Å². The Bertz CT molecular complexity index is 1040. The molecule has 1 atom stereocenters. The molecule has 9 nitrogen and oxygen atoms in total. The van der Waals surface area contributed by atoms with Crippen molar-refractivity contribution in [3.8, 4) is 0 Å². The first-order chi connectivity index (χ1) is 15.1. The molecular formula is C22H26N4O5S. The summed E-state index contributed by atoms with van der Waals surface area (Å²) in [6.45, 7) is 8.97. The summed E-state index contributed by atoms with van der Waals surface area (Å²) in [7, 11) is 0. The maximum atomic E-state index is 13.1. The van der Waals surface area contributed by atoms with Crippen molar-refractivity contribution in [2.45, 2.75) is 59.2 Å². The molecule has 2 heterocycles. The molecule has 3 rings (SSSR count). The number of benzene rings is 1. The molecule has 10 heteroatoms. The standard InChI is InChI=1S/C22H26N4O5S/c1-12(2)23-18(27)10-17-11-32-22-24-14(5)19(21(28)31-13(3)4)20(25(17)22)15-7-6-8-16(9-15)26(29)30/h6-9,11-13,20H,10H2,1-5H3,(H,23,27). The number of nitro groups is 1. The minimum atomic E-state index is -0.707. The fourth-order valence-corrected chi connectivity index (χ4v) is 4.53. The summed E-state index contributed by atoms with van der Waals surface area (Å²) >= 11 is 1.35. The lowest BCUT2D eigenvalue weighted by Crippen LogP contribution is -2.39. The van der Waals surface area contributed by atoms with Gasteiger partial charge in [0.1, 0.15) is 0 Å². The number of hydrogen-bond donors (Lipinski definition) is 1. The second-order valence-corrected chi connectivity index (χ2v) is 8.93. The van der Waals surface area contributed by atoms with Gasteiger partial charge < -0.3 is 15.0 Å². The summed E-state index contributed by atoms with van der Waals surface area (Å²) in [5.74, 6) is -0.705. The topological polar surface area (TPSA) is 114 Å². The van der Waals surface area contributed by atoms with Gasteiger partial charge in [0.05, 0.1) is 34.8 Å². The Hall–Kier alpha value is -3.14. The molecule has 2 aliphatic heterocycles. The Balaban J connectivity index is 2.08. The smallest absolute Gasteiger partial charge is 0.338 e. The van der Waals surface area contributed by atoms with Gasteiger partial charge in [0.15, 0.2) is 5.17 Å². The van der Waals surface area contributed by atoms with Crippen molar-refractivity contribution >= 4 is 34.5 Å². The number of aliphatic imine (C=N–C) groups is 1. The zero-order chi connectivity index (χ0) is 23.6. The second-order valence-electron chi connectivity index (χ2n) is 8.10. The summed E-state index contributed by atoms with van der Waals surface area (Å²) in [5.41, 5.74) is 1.88. The molecule has 1 N–H and O–H groups in total. The molecule has 1 aromatic rings. The molecule has 1 aromatic carbocycles. The van der Waals surface area contributed by atoms with Crippen molar-refractivity contribution in [1.82, 2.24) is 10.2 Å². The number of hydrogen-bond acceptors (Lipinski definition) is 8. The van der Waals surface area contributed by atoms with Gasteiger partial charge in [0, 0.05) is 23.9 Å². The average molecular weight is 459 g/mol. The Morgan fingerprint density at radius 3 is 2.66 bits per heavy atom. The van der Waals surface area contributed by atoms with Gasteiger partial charge in [-0.2, -0.15) is 0 Å². The molecule has 0 saturated carbocycles. The number of nitrogens with one attached hydrogen (secondary N) is 1. The highest BCUT2D eigenvalue weighted by atomic mass is 32.2. The van der Waals surface area contributed by atoms with Crippen molar-refractivity contribution in [1.29, 1.82) is 0 Å². The van der Waals surface area contributed by atoms with E-state index in [-0.39, 0.29) is 30.2 Å². The summed E-state index contributed by atoms with van der Waals surface area (Å²) in [6.07, 6.45) is -0.264. The third-order valence-electron chi connectivity index (χ3n) is 4.75. The Kier molecular flexibility index (Phi) is 7.02. The van der Waals surface area contributed by atoms with Gasteiger partial charge in [-0.05, 0) is 45.6 Å². The van der Waals surface area contributed by atoms with Crippen LogP contribution in [0, 0.1) is 10.1 Å². The maximum absolute atomic E-state index is 13.1. The molecule has 32 heavy (non-hydrogen) atoms. The van der Waals surface area contributed by atoms with Gasteiger partial charge in [-0.3, -0.25) is 14.9 Å². The van der Waals surface area contributed by atoms with Gasteiger partial charge in [-0.15, -0.1) is 0 Å². The SMILES string of the molecule is CC1=C(C(=O)OC(C)C)C(c2cccc([N+](=O)[O-])c2)N2C(CC(=O)NC(C)C)=CSC2=N1. The quantitative estimate of drug-likeness (QED) is 0.373. The maximum Gasteiger partial charge on any atom is 0.338 e. The van der Waals surface area contributed by atoms with E-state index in [0.29, 0.717) is 27.7 Å². The fraction of sp³-hybridized carbons (Fsp3) is 0.409. The Morgan fingerprint density at radius 1 is 1.31 bits per heavy atom. The number of carbonyl (C=O) groups excluding carboxylic acids is 2. The van der Waals surface area contributed by atoms with Crippen LogP contribution in [0.1, 0.15) is 52.6 Å². The number of carbonyl (C=O) groups is 2. The zero-order valence-corrected chi connectivity index (χ0v) is 19.4. The van der Waals surface area contributed by atoms with Gasteiger partial charge in [0.25, 0.3) is 5.69 Å². The number of fused-ring (bicyclic) bond motifs is 1. The number of esters is 1. The van der Waals surface area contributed by atoms with E-state index in [4.69, 9.17) is 4.74 Å². The molecule has 0 radical (unpaired) electrons. The number of nitro benzene ring substituents is 1. The van der Waals surface area contributed by atoms with E-state index in [1.54, 1.807) is 37.8 Å². The largest absolute Gasteiger partial charge is 0.459 e. The van der Waals surface area contributed by atoms with Crippen LogP contribution >= 0.6 is 11.8 Å². The summed E-state index contributed by atoms with van der Waals surface area (Å²) in [4.78, 5) is 42.8. The monoisotopic (exact) mass is 458 g/mol. The summed E-state index contributed by atoms with van der Waals surface area (Å²) in [5, 5.41) is 16.7. The van der Waals surface area contributed by atoms with Gasteiger partial charge in [-0.1, -0.05) is 23.9 Å². The minimum Gasteiger partial charge on any atom is -0.459 e. The van der Waals surface area contributed by atoms with Crippen LogP contribution in [0.3, 0.4) is 0 Å². The van der Waals surface area contributed by atoms with Crippen LogP contribution in [0.4, 0.5) is 5.69 Å². The van der Waals surface area contributed by atoms with Gasteiger partial charge in [0.2, 0.25) is 5.91 Å². The van der Waals surface area contributed by atoms with Crippen molar-refractivity contribution in [3.05, 3.63) is 62.3 Å². The zero-order valence-electron chi connectivity index (χ0n) is 18.6. The normalized spacial score (nSPS) is 17.8. The van der Waals surface area contributed by atoms with E-state index >= 15 is 0 Å². The molecule has 170 valence electrons. The molecule has 0 aliphatic carbocycles. The molecule has 1 amide bonds. The molecule has 0 aromatic heterocycles. The van der Waals surface area contributed by atoms with E-state index in [1.165, 1.54) is 23.9 Å². The first-order valence-corrected chi connectivity index (χ1v) is 11.2. The van der Waals surface area contributed by atoms with Crippen molar-refractivity contribution in [2.75, 3.05) is 0 Å². The number of ether oxygens (including phenoxy) is 1. The van der Waals surface area contributed by atoms with Crippen LogP contribution in [0.25, 0.3) is 0 Å². The number of nitrogens with zero attached hydrogens (tertiary/aromatic N) is 3. The first-order valence-electron chi connectivity index (χ1n) is 10.3. The lowest BCUT2D eigenvalue weighted by atomic mass is 9.93. The van der Waals surface area contributed by atoms with E-state index < -0.39 is 16.9 Å². The van der Waals surface area contributed by atoms with Gasteiger partial charge >= 0.3 is 5.97 Å². The number of thioether (sulfide) groups is 1. The predicted molar refractivity (Wildman–Crippen MR) is 123 cm³/mol. The fourth-order valence-electron chi connectivity index (χ4n) is 3.57. The van der Waals surface area contributed by atoms with Crippen LogP contribution in [0.15, 0.2) is 51.6 Å². The number of amides is 1. The van der Waals surface area contributed by atoms with Crippen LogP contribution in [-0.2, 0) is 14.3 Å². The van der Waals surface area contributed by atoms with Crippen LogP contribution in [0.2, 0.25) is 0 Å². The van der Waals surface area contributed by atoms with Crippen molar-refractivity contribution < 1.29 is 19.2 Å². The number of non-ortho nitro benzene ring substituents is 1. The summed E-state index contributed by atoms with van der Waals surface area (Å²) < 4.78 is 5.47. The number of amidine groups is 1. The molecular weight excluding hydrogens is 432 g/mol. The highest BCUT2D eigenvalue weighted by Crippen LogP contribution is 2.45. The van der Waals surface area contributed by atoms with Crippen LogP contribution < -0.4 is 5.32 Å².